The van der Waals surface area contributed by atoms with Crippen LogP contribution >= 0.6 is 0 Å². The maximum Gasteiger partial charge on any atom is 0.410 e. The second-order valence-corrected chi connectivity index (χ2v) is 7.76. The Morgan fingerprint density at radius 2 is 1.61 bits per heavy atom. The normalized spacial score (nSPS) is 24.0. The van der Waals surface area contributed by atoms with E-state index in [4.69, 9.17) is 4.74 Å². The molecule has 6 nitrogen and oxygen atoms in total. The second kappa shape index (κ2) is 5.65. The number of fused-ring (bicyclic) bond motifs is 1. The average Bonchev–Trinajstić information content (AvgIpc) is 2.92. The minimum absolute atomic E-state index is 0.193. The highest BCUT2D eigenvalue weighted by molar-refractivity contribution is 5.68. The van der Waals surface area contributed by atoms with Gasteiger partial charge in [0.15, 0.2) is 0 Å². The van der Waals surface area contributed by atoms with Crippen LogP contribution in [0.25, 0.3) is 0 Å². The van der Waals surface area contributed by atoms with Gasteiger partial charge in [-0.1, -0.05) is 0 Å². The van der Waals surface area contributed by atoms with Gasteiger partial charge in [-0.05, 0) is 40.7 Å². The van der Waals surface area contributed by atoms with Crippen LogP contribution in [-0.2, 0) is 4.74 Å². The van der Waals surface area contributed by atoms with Gasteiger partial charge < -0.3 is 14.5 Å². The summed E-state index contributed by atoms with van der Waals surface area (Å²) >= 11 is 0. The number of nitrogens with zero attached hydrogens (tertiary/aromatic N) is 4. The van der Waals surface area contributed by atoms with Crippen molar-refractivity contribution in [3.8, 4) is 0 Å². The first-order chi connectivity index (χ1) is 10.7. The van der Waals surface area contributed by atoms with E-state index >= 15 is 0 Å². The number of ether oxygens (including phenoxy) is 1. The molecule has 3 rings (SSSR count). The van der Waals surface area contributed by atoms with Crippen molar-refractivity contribution in [2.75, 3.05) is 31.1 Å². The Morgan fingerprint density at radius 3 is 2.09 bits per heavy atom. The Hall–Kier alpha value is -1.85. The fraction of sp³-hybridized carbons (Fsp3) is 0.706. The molecule has 23 heavy (non-hydrogen) atoms. The quantitative estimate of drug-likeness (QED) is 0.796. The number of hydrogen-bond acceptors (Lipinski definition) is 5. The largest absolute Gasteiger partial charge is 0.444 e. The average molecular weight is 318 g/mol. The molecule has 2 fully saturated rings. The summed E-state index contributed by atoms with van der Waals surface area (Å²) < 4.78 is 5.48. The van der Waals surface area contributed by atoms with E-state index in [1.807, 2.05) is 45.6 Å². The molecule has 0 radical (unpaired) electrons. The molecule has 1 aromatic heterocycles. The summed E-state index contributed by atoms with van der Waals surface area (Å²) in [5.41, 5.74) is 1.56. The maximum absolute atomic E-state index is 12.2. The summed E-state index contributed by atoms with van der Waals surface area (Å²) in [7, 11) is 0. The van der Waals surface area contributed by atoms with Gasteiger partial charge >= 0.3 is 6.09 Å². The number of rotatable bonds is 1. The molecule has 2 aliphatic heterocycles. The first kappa shape index (κ1) is 16.0. The molecule has 0 aromatic carbocycles. The van der Waals surface area contributed by atoms with Crippen LogP contribution in [-0.4, -0.2) is 52.7 Å². The van der Waals surface area contributed by atoms with Gasteiger partial charge in [-0.2, -0.15) is 0 Å². The number of carbonyl (C=O) groups is 1. The summed E-state index contributed by atoms with van der Waals surface area (Å²) in [5, 5.41) is 0. The van der Waals surface area contributed by atoms with Crippen LogP contribution < -0.4 is 4.90 Å². The second-order valence-electron chi connectivity index (χ2n) is 7.76. The molecule has 2 saturated heterocycles. The monoisotopic (exact) mass is 318 g/mol. The molecule has 0 spiro atoms. The Balaban J connectivity index is 1.62. The highest BCUT2D eigenvalue weighted by Gasteiger charge is 2.43. The lowest BCUT2D eigenvalue weighted by atomic mass is 10.0. The van der Waals surface area contributed by atoms with Crippen molar-refractivity contribution in [3.63, 3.8) is 0 Å². The van der Waals surface area contributed by atoms with E-state index in [0.29, 0.717) is 11.8 Å². The molecule has 2 atom stereocenters. The van der Waals surface area contributed by atoms with Crippen LogP contribution in [0, 0.1) is 25.7 Å². The highest BCUT2D eigenvalue weighted by atomic mass is 16.6. The van der Waals surface area contributed by atoms with E-state index < -0.39 is 5.60 Å². The Morgan fingerprint density at radius 1 is 1.09 bits per heavy atom. The van der Waals surface area contributed by atoms with E-state index in [9.17, 15) is 4.79 Å². The molecule has 0 bridgehead atoms. The number of aryl methyl sites for hydroxylation is 2. The van der Waals surface area contributed by atoms with Crippen molar-refractivity contribution in [2.45, 2.75) is 40.2 Å². The third-order valence-electron chi connectivity index (χ3n) is 4.39. The predicted molar refractivity (Wildman–Crippen MR) is 88.5 cm³/mol. The molecule has 1 aromatic rings. The molecule has 6 heteroatoms. The van der Waals surface area contributed by atoms with Gasteiger partial charge in [-0.15, -0.1) is 0 Å². The van der Waals surface area contributed by atoms with Gasteiger partial charge in [0.25, 0.3) is 0 Å². The van der Waals surface area contributed by atoms with Gasteiger partial charge in [-0.3, -0.25) is 0 Å². The number of hydrogen-bond donors (Lipinski definition) is 0. The van der Waals surface area contributed by atoms with Crippen molar-refractivity contribution in [3.05, 3.63) is 17.5 Å². The van der Waals surface area contributed by atoms with Crippen LogP contribution in [0.1, 0.15) is 32.2 Å². The van der Waals surface area contributed by atoms with Crippen molar-refractivity contribution in [1.29, 1.82) is 0 Å². The van der Waals surface area contributed by atoms with E-state index in [1.54, 1.807) is 0 Å². The Bertz CT molecular complexity index is 577. The minimum atomic E-state index is -0.437. The van der Waals surface area contributed by atoms with E-state index in [-0.39, 0.29) is 6.09 Å². The minimum Gasteiger partial charge on any atom is -0.444 e. The van der Waals surface area contributed by atoms with E-state index in [1.165, 1.54) is 0 Å². The SMILES string of the molecule is Cc1cc(C)nc(N2C[C@H]3CN(C(=O)OC(C)(C)C)C[C@H]3C2)n1. The summed E-state index contributed by atoms with van der Waals surface area (Å²) in [6, 6.07) is 1.99. The van der Waals surface area contributed by atoms with Crippen molar-refractivity contribution >= 4 is 12.0 Å². The third kappa shape index (κ3) is 3.57. The molecule has 0 aliphatic carbocycles. The Labute approximate surface area is 137 Å². The number of anilines is 1. The fourth-order valence-electron chi connectivity index (χ4n) is 3.48. The summed E-state index contributed by atoms with van der Waals surface area (Å²) in [5.74, 6) is 1.78. The van der Waals surface area contributed by atoms with Gasteiger partial charge in [0, 0.05) is 49.4 Å². The maximum atomic E-state index is 12.2. The van der Waals surface area contributed by atoms with E-state index in [2.05, 4.69) is 14.9 Å². The molecule has 126 valence electrons. The summed E-state index contributed by atoms with van der Waals surface area (Å²) in [6.45, 7) is 13.1. The zero-order valence-electron chi connectivity index (χ0n) is 14.7. The number of likely N-dealkylation sites (tertiary alicyclic amines) is 1. The van der Waals surface area contributed by atoms with Crippen LogP contribution in [0.5, 0.6) is 0 Å². The van der Waals surface area contributed by atoms with Crippen molar-refractivity contribution in [1.82, 2.24) is 14.9 Å². The van der Waals surface area contributed by atoms with Crippen LogP contribution in [0.15, 0.2) is 6.07 Å². The third-order valence-corrected chi connectivity index (χ3v) is 4.39. The molecule has 2 aliphatic rings. The predicted octanol–water partition coefficient (Wildman–Crippen LogP) is 2.40. The number of amides is 1. The van der Waals surface area contributed by atoms with Crippen LogP contribution in [0.2, 0.25) is 0 Å². The fourth-order valence-corrected chi connectivity index (χ4v) is 3.48. The lowest BCUT2D eigenvalue weighted by molar-refractivity contribution is 0.0282. The molecular formula is C17H26N4O2. The zero-order chi connectivity index (χ0) is 16.8. The molecule has 3 heterocycles. The van der Waals surface area contributed by atoms with Gasteiger partial charge in [0.1, 0.15) is 5.60 Å². The first-order valence-electron chi connectivity index (χ1n) is 8.26. The number of carbonyl (C=O) groups excluding carboxylic acids is 1. The van der Waals surface area contributed by atoms with Gasteiger partial charge in [-0.25, -0.2) is 14.8 Å². The molecule has 1 amide bonds. The van der Waals surface area contributed by atoms with Gasteiger partial charge in [0.2, 0.25) is 5.95 Å². The van der Waals surface area contributed by atoms with E-state index in [0.717, 1.165) is 43.5 Å². The van der Waals surface area contributed by atoms with Crippen LogP contribution in [0.4, 0.5) is 10.7 Å². The Kier molecular flexibility index (Phi) is 3.94. The topological polar surface area (TPSA) is 58.6 Å². The van der Waals surface area contributed by atoms with Gasteiger partial charge in [0.05, 0.1) is 0 Å². The smallest absolute Gasteiger partial charge is 0.410 e. The summed E-state index contributed by atoms with van der Waals surface area (Å²) in [4.78, 5) is 25.4. The van der Waals surface area contributed by atoms with Crippen molar-refractivity contribution in [2.24, 2.45) is 11.8 Å². The molecule has 0 unspecified atom stereocenters. The molecule has 0 saturated carbocycles. The zero-order valence-corrected chi connectivity index (χ0v) is 14.7. The molecular weight excluding hydrogens is 292 g/mol. The first-order valence-corrected chi connectivity index (χ1v) is 8.26. The lowest BCUT2D eigenvalue weighted by Crippen LogP contribution is -2.37. The molecule has 0 N–H and O–H groups in total. The van der Waals surface area contributed by atoms with Crippen molar-refractivity contribution < 1.29 is 9.53 Å². The lowest BCUT2D eigenvalue weighted by Gasteiger charge is -2.26. The summed E-state index contributed by atoms with van der Waals surface area (Å²) in [6.07, 6.45) is -0.193. The standard InChI is InChI=1S/C17H26N4O2/c1-11-6-12(2)19-15(18-11)20-7-13-9-21(10-14(13)8-20)16(22)23-17(3,4)5/h6,13-14H,7-10H2,1-5H3/t13-,14+. The highest BCUT2D eigenvalue weighted by Crippen LogP contribution is 2.33. The van der Waals surface area contributed by atoms with Crippen LogP contribution in [0.3, 0.4) is 0 Å². The number of aromatic nitrogens is 2.